The van der Waals surface area contributed by atoms with Gasteiger partial charge in [-0.15, -0.1) is 0 Å². The van der Waals surface area contributed by atoms with Crippen LogP contribution in [0.4, 0.5) is 0 Å². The highest BCUT2D eigenvalue weighted by Crippen LogP contribution is 2.21. The first-order valence-electron chi connectivity index (χ1n) is 5.51. The summed E-state index contributed by atoms with van der Waals surface area (Å²) in [5, 5.41) is 8.59. The molecular weight excluding hydrogens is 184 g/mol. The van der Waals surface area contributed by atoms with E-state index >= 15 is 0 Å². The fourth-order valence-corrected chi connectivity index (χ4v) is 1.08. The van der Waals surface area contributed by atoms with Crippen LogP contribution < -0.4 is 0 Å². The second-order valence-electron chi connectivity index (χ2n) is 3.62. The molecule has 2 heteroatoms. The minimum absolute atomic E-state index is 0.452. The van der Waals surface area contributed by atoms with Crippen LogP contribution in [-0.4, -0.2) is 4.98 Å². The highest BCUT2D eigenvalue weighted by molar-refractivity contribution is 5.27. The number of nitriles is 1. The van der Waals surface area contributed by atoms with E-state index in [9.17, 15) is 0 Å². The Morgan fingerprint density at radius 2 is 1.80 bits per heavy atom. The Bertz CT molecular complexity index is 306. The molecule has 0 aliphatic carbocycles. The lowest BCUT2D eigenvalue weighted by atomic mass is 9.94. The van der Waals surface area contributed by atoms with Gasteiger partial charge in [0.2, 0.25) is 0 Å². The van der Waals surface area contributed by atoms with E-state index in [1.54, 1.807) is 6.20 Å². The molecule has 0 fully saturated rings. The van der Waals surface area contributed by atoms with Gasteiger partial charge in [0.1, 0.15) is 6.07 Å². The first-order valence-corrected chi connectivity index (χ1v) is 5.51. The first kappa shape index (κ1) is 13.6. The Kier molecular flexibility index (Phi) is 6.37. The molecule has 1 unspecified atom stereocenters. The summed E-state index contributed by atoms with van der Waals surface area (Å²) in [6.45, 7) is 10.5. The van der Waals surface area contributed by atoms with Crippen molar-refractivity contribution in [3.63, 3.8) is 0 Å². The van der Waals surface area contributed by atoms with Crippen molar-refractivity contribution in [3.05, 3.63) is 29.6 Å². The minimum Gasteiger partial charge on any atom is -0.260 e. The molecule has 1 heterocycles. The molecule has 15 heavy (non-hydrogen) atoms. The van der Waals surface area contributed by atoms with E-state index in [1.807, 2.05) is 26.0 Å². The normalized spacial score (nSPS) is 11.3. The SMILES string of the molecule is CC.CC(C)C(C)c1ccc(C#N)cn1. The topological polar surface area (TPSA) is 36.7 Å². The molecule has 1 rings (SSSR count). The van der Waals surface area contributed by atoms with E-state index in [2.05, 4.69) is 31.8 Å². The van der Waals surface area contributed by atoms with Gasteiger partial charge in [-0.3, -0.25) is 4.98 Å². The second-order valence-corrected chi connectivity index (χ2v) is 3.62. The molecule has 1 atom stereocenters. The smallest absolute Gasteiger partial charge is 0.101 e. The van der Waals surface area contributed by atoms with Gasteiger partial charge < -0.3 is 0 Å². The number of aromatic nitrogens is 1. The van der Waals surface area contributed by atoms with Crippen LogP contribution in [-0.2, 0) is 0 Å². The first-order chi connectivity index (χ1) is 7.15. The molecule has 1 aromatic heterocycles. The highest BCUT2D eigenvalue weighted by Gasteiger charge is 2.10. The Balaban J connectivity index is 0.000000921. The lowest BCUT2D eigenvalue weighted by molar-refractivity contribution is 0.523. The van der Waals surface area contributed by atoms with Gasteiger partial charge in [-0.2, -0.15) is 5.26 Å². The second kappa shape index (κ2) is 7.00. The van der Waals surface area contributed by atoms with E-state index in [1.165, 1.54) is 0 Å². The maximum atomic E-state index is 8.59. The van der Waals surface area contributed by atoms with Gasteiger partial charge in [0.05, 0.1) is 5.56 Å². The van der Waals surface area contributed by atoms with Crippen LogP contribution >= 0.6 is 0 Å². The van der Waals surface area contributed by atoms with Gasteiger partial charge in [-0.1, -0.05) is 34.6 Å². The van der Waals surface area contributed by atoms with Gasteiger partial charge in [0.25, 0.3) is 0 Å². The van der Waals surface area contributed by atoms with E-state index in [0.717, 1.165) is 5.69 Å². The molecule has 0 saturated heterocycles. The molecule has 1 aromatic rings. The summed E-state index contributed by atoms with van der Waals surface area (Å²) >= 11 is 0. The zero-order valence-electron chi connectivity index (χ0n) is 10.3. The molecule has 0 spiro atoms. The van der Waals surface area contributed by atoms with Crippen molar-refractivity contribution in [2.75, 3.05) is 0 Å². The summed E-state index contributed by atoms with van der Waals surface area (Å²) in [5.41, 5.74) is 1.69. The number of hydrogen-bond donors (Lipinski definition) is 0. The number of pyridine rings is 1. The maximum Gasteiger partial charge on any atom is 0.101 e. The zero-order chi connectivity index (χ0) is 11.8. The largest absolute Gasteiger partial charge is 0.260 e. The molecule has 82 valence electrons. The molecule has 2 nitrogen and oxygen atoms in total. The van der Waals surface area contributed by atoms with E-state index < -0.39 is 0 Å². The molecule has 0 saturated carbocycles. The summed E-state index contributed by atoms with van der Waals surface area (Å²) in [5.74, 6) is 1.04. The van der Waals surface area contributed by atoms with Crippen molar-refractivity contribution in [3.8, 4) is 6.07 Å². The molecule has 0 aromatic carbocycles. The summed E-state index contributed by atoms with van der Waals surface area (Å²) in [6, 6.07) is 5.81. The Morgan fingerprint density at radius 1 is 1.20 bits per heavy atom. The fraction of sp³-hybridized carbons (Fsp3) is 0.538. The van der Waals surface area contributed by atoms with Gasteiger partial charge in [-0.25, -0.2) is 0 Å². The van der Waals surface area contributed by atoms with Crippen LogP contribution in [0.25, 0.3) is 0 Å². The lowest BCUT2D eigenvalue weighted by Gasteiger charge is -2.14. The van der Waals surface area contributed by atoms with Crippen molar-refractivity contribution >= 4 is 0 Å². The summed E-state index contributed by atoms with van der Waals surface area (Å²) in [4.78, 5) is 4.25. The van der Waals surface area contributed by atoms with Gasteiger partial charge in [0, 0.05) is 17.8 Å². The number of nitrogens with zero attached hydrogens (tertiary/aromatic N) is 2. The third-order valence-corrected chi connectivity index (χ3v) is 2.38. The Hall–Kier alpha value is -1.36. The van der Waals surface area contributed by atoms with Crippen LogP contribution in [0.1, 0.15) is 51.8 Å². The van der Waals surface area contributed by atoms with Crippen molar-refractivity contribution in [1.82, 2.24) is 4.98 Å². The molecule has 0 aliphatic heterocycles. The van der Waals surface area contributed by atoms with Crippen molar-refractivity contribution in [2.24, 2.45) is 5.92 Å². The lowest BCUT2D eigenvalue weighted by Crippen LogP contribution is -2.04. The Morgan fingerprint density at radius 3 is 2.13 bits per heavy atom. The summed E-state index contributed by atoms with van der Waals surface area (Å²) in [7, 11) is 0. The quantitative estimate of drug-likeness (QED) is 0.735. The van der Waals surface area contributed by atoms with Crippen LogP contribution in [0, 0.1) is 17.2 Å². The van der Waals surface area contributed by atoms with Crippen LogP contribution in [0.3, 0.4) is 0 Å². The van der Waals surface area contributed by atoms with Crippen LogP contribution in [0.5, 0.6) is 0 Å². The molecular formula is C13H20N2. The monoisotopic (exact) mass is 204 g/mol. The zero-order valence-corrected chi connectivity index (χ0v) is 10.3. The standard InChI is InChI=1S/C11H14N2.C2H6/c1-8(2)9(3)11-5-4-10(6-12)7-13-11;1-2/h4-5,7-9H,1-3H3;1-2H3. The van der Waals surface area contributed by atoms with Crippen molar-refractivity contribution < 1.29 is 0 Å². The molecule has 0 aliphatic rings. The fourth-order valence-electron chi connectivity index (χ4n) is 1.08. The predicted molar refractivity (Wildman–Crippen MR) is 63.6 cm³/mol. The summed E-state index contributed by atoms with van der Waals surface area (Å²) < 4.78 is 0. The highest BCUT2D eigenvalue weighted by atomic mass is 14.7. The van der Waals surface area contributed by atoms with Gasteiger partial charge >= 0.3 is 0 Å². The average Bonchev–Trinajstić information content (AvgIpc) is 2.31. The third kappa shape index (κ3) is 4.12. The van der Waals surface area contributed by atoms with E-state index in [-0.39, 0.29) is 0 Å². The number of rotatable bonds is 2. The van der Waals surface area contributed by atoms with Crippen LogP contribution in [0.2, 0.25) is 0 Å². The van der Waals surface area contributed by atoms with E-state index in [0.29, 0.717) is 17.4 Å². The summed E-state index contributed by atoms with van der Waals surface area (Å²) in [6.07, 6.45) is 1.63. The van der Waals surface area contributed by atoms with Gasteiger partial charge in [0.15, 0.2) is 0 Å². The van der Waals surface area contributed by atoms with Gasteiger partial charge in [-0.05, 0) is 18.1 Å². The molecule has 0 amide bonds. The Labute approximate surface area is 93.0 Å². The molecule has 0 bridgehead atoms. The average molecular weight is 204 g/mol. The minimum atomic E-state index is 0.452. The molecule has 0 radical (unpaired) electrons. The molecule has 0 N–H and O–H groups in total. The third-order valence-electron chi connectivity index (χ3n) is 2.38. The van der Waals surface area contributed by atoms with Crippen molar-refractivity contribution in [2.45, 2.75) is 40.5 Å². The maximum absolute atomic E-state index is 8.59. The van der Waals surface area contributed by atoms with E-state index in [4.69, 9.17) is 5.26 Å². The van der Waals surface area contributed by atoms with Crippen molar-refractivity contribution in [1.29, 1.82) is 5.26 Å². The number of hydrogen-bond acceptors (Lipinski definition) is 2. The predicted octanol–water partition coefficient (Wildman–Crippen LogP) is 3.74. The van der Waals surface area contributed by atoms with Crippen LogP contribution in [0.15, 0.2) is 18.3 Å².